The van der Waals surface area contributed by atoms with Crippen LogP contribution in [0.4, 0.5) is 0 Å². The van der Waals surface area contributed by atoms with Gasteiger partial charge in [0, 0.05) is 18.2 Å². The van der Waals surface area contributed by atoms with Gasteiger partial charge in [0.2, 0.25) is 5.91 Å². The van der Waals surface area contributed by atoms with Gasteiger partial charge >= 0.3 is 0 Å². The molecule has 1 amide bonds. The molecule has 4 nitrogen and oxygen atoms in total. The molecular weight excluding hydrogens is 178 g/mol. The zero-order valence-corrected chi connectivity index (χ0v) is 8.75. The lowest BCUT2D eigenvalue weighted by atomic mass is 9.89. The van der Waals surface area contributed by atoms with Crippen LogP contribution >= 0.6 is 0 Å². The number of nitrogens with two attached hydrogens (primary N) is 1. The van der Waals surface area contributed by atoms with Crippen LogP contribution in [0, 0.1) is 5.92 Å². The van der Waals surface area contributed by atoms with Crippen molar-refractivity contribution in [3.8, 4) is 0 Å². The van der Waals surface area contributed by atoms with E-state index in [4.69, 9.17) is 5.73 Å². The first kappa shape index (κ1) is 11.2. The Morgan fingerprint density at radius 2 is 2.07 bits per heavy atom. The number of nitrogens with zero attached hydrogens (tertiary/aromatic N) is 1. The molecule has 1 saturated carbocycles. The number of carbonyl (C=O) groups is 1. The van der Waals surface area contributed by atoms with E-state index < -0.39 is 0 Å². The lowest BCUT2D eigenvalue weighted by molar-refractivity contribution is -0.125. The Bertz CT molecular complexity index is 219. The number of rotatable bonds is 3. The van der Waals surface area contributed by atoms with Gasteiger partial charge in [-0.3, -0.25) is 4.79 Å². The second-order valence-electron chi connectivity index (χ2n) is 3.86. The maximum absolute atomic E-state index is 11.6. The van der Waals surface area contributed by atoms with E-state index >= 15 is 0 Å². The highest BCUT2D eigenvalue weighted by Gasteiger charge is 2.20. The van der Waals surface area contributed by atoms with Gasteiger partial charge < -0.3 is 5.73 Å². The van der Waals surface area contributed by atoms with Gasteiger partial charge in [-0.05, 0) is 19.8 Å². The largest absolute Gasteiger partial charge is 0.325 e. The van der Waals surface area contributed by atoms with Crippen LogP contribution < -0.4 is 11.2 Å². The number of hydrazone groups is 1. The second kappa shape index (κ2) is 5.75. The maximum Gasteiger partial charge on any atom is 0.243 e. The van der Waals surface area contributed by atoms with Gasteiger partial charge in [0.1, 0.15) is 0 Å². The summed E-state index contributed by atoms with van der Waals surface area (Å²) in [6, 6.07) is 0. The van der Waals surface area contributed by atoms with Crippen molar-refractivity contribution in [3.05, 3.63) is 0 Å². The molecule has 0 spiro atoms. The molecule has 0 radical (unpaired) electrons. The first-order chi connectivity index (χ1) is 6.74. The first-order valence-electron chi connectivity index (χ1n) is 5.27. The standard InChI is InChI=1S/C10H19N3O/c1-8(7-11)12-13-10(14)9-5-3-2-4-6-9/h9H,2-7,11H2,1H3,(H,13,14). The summed E-state index contributed by atoms with van der Waals surface area (Å²) in [4.78, 5) is 11.6. The third kappa shape index (κ3) is 3.46. The van der Waals surface area contributed by atoms with Crippen molar-refractivity contribution >= 4 is 11.6 Å². The highest BCUT2D eigenvalue weighted by molar-refractivity contribution is 5.86. The van der Waals surface area contributed by atoms with Crippen molar-refractivity contribution in [2.24, 2.45) is 16.8 Å². The molecule has 1 rings (SSSR count). The van der Waals surface area contributed by atoms with Crippen LogP contribution in [0.2, 0.25) is 0 Å². The molecule has 0 atom stereocenters. The van der Waals surface area contributed by atoms with E-state index in [1.807, 2.05) is 0 Å². The van der Waals surface area contributed by atoms with Crippen molar-refractivity contribution in [1.82, 2.24) is 5.43 Å². The Kier molecular flexibility index (Phi) is 4.59. The lowest BCUT2D eigenvalue weighted by Gasteiger charge is -2.19. The quantitative estimate of drug-likeness (QED) is 0.524. The summed E-state index contributed by atoms with van der Waals surface area (Å²) in [5, 5.41) is 3.91. The maximum atomic E-state index is 11.6. The van der Waals surface area contributed by atoms with Crippen molar-refractivity contribution in [2.45, 2.75) is 39.0 Å². The molecule has 0 aromatic carbocycles. The molecule has 0 aromatic rings. The number of hydrogen-bond donors (Lipinski definition) is 2. The number of amides is 1. The molecular formula is C10H19N3O. The van der Waals surface area contributed by atoms with Crippen LogP contribution in [0.15, 0.2) is 5.10 Å². The summed E-state index contributed by atoms with van der Waals surface area (Å²) in [6.07, 6.45) is 5.59. The van der Waals surface area contributed by atoms with E-state index in [1.54, 1.807) is 6.92 Å². The summed E-state index contributed by atoms with van der Waals surface area (Å²) < 4.78 is 0. The van der Waals surface area contributed by atoms with Gasteiger partial charge in [-0.15, -0.1) is 0 Å². The van der Waals surface area contributed by atoms with Gasteiger partial charge in [0.25, 0.3) is 0 Å². The van der Waals surface area contributed by atoms with Crippen LogP contribution in [0.25, 0.3) is 0 Å². The molecule has 1 fully saturated rings. The van der Waals surface area contributed by atoms with E-state index in [0.29, 0.717) is 6.54 Å². The molecule has 0 saturated heterocycles. The van der Waals surface area contributed by atoms with Gasteiger partial charge in [-0.2, -0.15) is 5.10 Å². The Balaban J connectivity index is 2.33. The van der Waals surface area contributed by atoms with Gasteiger partial charge in [0.05, 0.1) is 0 Å². The minimum Gasteiger partial charge on any atom is -0.325 e. The number of carbonyl (C=O) groups excluding carboxylic acids is 1. The molecule has 0 aromatic heterocycles. The van der Waals surface area contributed by atoms with E-state index in [2.05, 4.69) is 10.5 Å². The summed E-state index contributed by atoms with van der Waals surface area (Å²) in [5.74, 6) is 0.218. The Morgan fingerprint density at radius 3 is 2.64 bits per heavy atom. The van der Waals surface area contributed by atoms with Crippen molar-refractivity contribution in [2.75, 3.05) is 6.54 Å². The molecule has 1 aliphatic carbocycles. The molecule has 0 unspecified atom stereocenters. The predicted octanol–water partition coefficient (Wildman–Crippen LogP) is 1.02. The normalized spacial score (nSPS) is 19.4. The van der Waals surface area contributed by atoms with Crippen LogP contribution in [-0.4, -0.2) is 18.2 Å². The second-order valence-corrected chi connectivity index (χ2v) is 3.86. The number of nitrogens with one attached hydrogen (secondary N) is 1. The average Bonchev–Trinajstić information content (AvgIpc) is 2.26. The fourth-order valence-corrected chi connectivity index (χ4v) is 1.65. The highest BCUT2D eigenvalue weighted by atomic mass is 16.2. The monoisotopic (exact) mass is 197 g/mol. The molecule has 4 heteroatoms. The number of hydrogen-bond acceptors (Lipinski definition) is 3. The van der Waals surface area contributed by atoms with Crippen molar-refractivity contribution in [3.63, 3.8) is 0 Å². The minimum absolute atomic E-state index is 0.0532. The van der Waals surface area contributed by atoms with Gasteiger partial charge in [-0.1, -0.05) is 19.3 Å². The lowest BCUT2D eigenvalue weighted by Crippen LogP contribution is -2.29. The molecule has 3 N–H and O–H groups in total. The highest BCUT2D eigenvalue weighted by Crippen LogP contribution is 2.23. The van der Waals surface area contributed by atoms with Crippen LogP contribution in [0.5, 0.6) is 0 Å². The summed E-state index contributed by atoms with van der Waals surface area (Å²) in [6.45, 7) is 2.20. The Hall–Kier alpha value is -0.900. The topological polar surface area (TPSA) is 67.5 Å². The Labute approximate surface area is 84.9 Å². The molecule has 14 heavy (non-hydrogen) atoms. The van der Waals surface area contributed by atoms with Gasteiger partial charge in [0.15, 0.2) is 0 Å². The molecule has 80 valence electrons. The fourth-order valence-electron chi connectivity index (χ4n) is 1.65. The molecule has 0 aliphatic heterocycles. The summed E-state index contributed by atoms with van der Waals surface area (Å²) in [7, 11) is 0. The SMILES string of the molecule is CC(CN)=NNC(=O)C1CCCCC1. The van der Waals surface area contributed by atoms with Crippen LogP contribution in [0.3, 0.4) is 0 Å². The zero-order chi connectivity index (χ0) is 10.4. The zero-order valence-electron chi connectivity index (χ0n) is 8.75. The first-order valence-corrected chi connectivity index (χ1v) is 5.27. The van der Waals surface area contributed by atoms with Crippen molar-refractivity contribution in [1.29, 1.82) is 0 Å². The van der Waals surface area contributed by atoms with Gasteiger partial charge in [-0.25, -0.2) is 5.43 Å². The van der Waals surface area contributed by atoms with Crippen LogP contribution in [-0.2, 0) is 4.79 Å². The predicted molar refractivity (Wildman–Crippen MR) is 56.9 cm³/mol. The Morgan fingerprint density at radius 1 is 1.43 bits per heavy atom. The average molecular weight is 197 g/mol. The molecule has 0 bridgehead atoms. The minimum atomic E-state index is 0.0532. The molecule has 1 aliphatic rings. The van der Waals surface area contributed by atoms with E-state index in [9.17, 15) is 4.79 Å². The van der Waals surface area contributed by atoms with E-state index in [0.717, 1.165) is 31.4 Å². The summed E-state index contributed by atoms with van der Waals surface area (Å²) >= 11 is 0. The third-order valence-corrected chi connectivity index (χ3v) is 2.63. The van der Waals surface area contributed by atoms with Crippen LogP contribution in [0.1, 0.15) is 39.0 Å². The smallest absolute Gasteiger partial charge is 0.243 e. The van der Waals surface area contributed by atoms with Crippen molar-refractivity contribution < 1.29 is 4.79 Å². The van der Waals surface area contributed by atoms with E-state index in [-0.39, 0.29) is 11.8 Å². The summed E-state index contributed by atoms with van der Waals surface area (Å²) in [5.41, 5.74) is 8.69. The van der Waals surface area contributed by atoms with E-state index in [1.165, 1.54) is 6.42 Å². The third-order valence-electron chi connectivity index (χ3n) is 2.63. The molecule has 0 heterocycles. The fraction of sp³-hybridized carbons (Fsp3) is 0.800.